The number of rotatable bonds is 23. The number of hydrogen-bond acceptors (Lipinski definition) is 13. The van der Waals surface area contributed by atoms with Crippen LogP contribution in [-0.4, -0.2) is 108 Å². The molecule has 1 aromatic carbocycles. The molecule has 0 saturated carbocycles. The minimum atomic E-state index is -1.01. The van der Waals surface area contributed by atoms with Gasteiger partial charge in [0.2, 0.25) is 12.7 Å². The molecule has 3 rings (SSSR count). The number of nitrogens with two attached hydrogens (primary N) is 1. The molecule has 306 valence electrons. The molecule has 2 amide bonds. The second kappa shape index (κ2) is 22.0. The number of amides is 2. The fraction of sp³-hybridized carbons (Fsp3) is 0.744. The average Bonchev–Trinajstić information content (AvgIpc) is 3.80. The van der Waals surface area contributed by atoms with E-state index in [1.807, 2.05) is 32.0 Å². The quantitative estimate of drug-likeness (QED) is 0.0841. The third kappa shape index (κ3) is 13.9. The molecule has 15 heteroatoms. The van der Waals surface area contributed by atoms with Gasteiger partial charge in [0, 0.05) is 37.9 Å². The van der Waals surface area contributed by atoms with Crippen molar-refractivity contribution in [3.05, 3.63) is 23.8 Å². The molecule has 5 atom stereocenters. The van der Waals surface area contributed by atoms with Crippen molar-refractivity contribution in [1.29, 1.82) is 0 Å². The lowest BCUT2D eigenvalue weighted by atomic mass is 9.78. The van der Waals surface area contributed by atoms with E-state index < -0.39 is 42.5 Å². The summed E-state index contributed by atoms with van der Waals surface area (Å²) in [7, 11) is 3.25. The summed E-state index contributed by atoms with van der Waals surface area (Å²) >= 11 is 0. The molecule has 1 aromatic rings. The molecule has 2 heterocycles. The molecule has 0 aliphatic carbocycles. The van der Waals surface area contributed by atoms with Crippen LogP contribution in [0.3, 0.4) is 0 Å². The lowest BCUT2D eigenvalue weighted by Crippen LogP contribution is -2.43. The van der Waals surface area contributed by atoms with Gasteiger partial charge in [-0.05, 0) is 61.1 Å². The fourth-order valence-electron chi connectivity index (χ4n) is 6.48. The first-order valence-corrected chi connectivity index (χ1v) is 18.8. The fourth-order valence-corrected chi connectivity index (χ4v) is 6.48. The number of hydrogen-bond donors (Lipinski definition) is 1. The molecular formula is C39H62N2O13. The van der Waals surface area contributed by atoms with Gasteiger partial charge in [0.25, 0.3) is 0 Å². The van der Waals surface area contributed by atoms with Crippen LogP contribution in [0.1, 0.15) is 79.2 Å². The number of carbonyl (C=O) groups is 4. The maximum absolute atomic E-state index is 13.7. The highest BCUT2D eigenvalue weighted by Crippen LogP contribution is 2.36. The van der Waals surface area contributed by atoms with Crippen LogP contribution < -0.4 is 15.2 Å². The summed E-state index contributed by atoms with van der Waals surface area (Å²) in [4.78, 5) is 52.8. The number of primary amides is 1. The number of methoxy groups -OCH3 is 2. The summed E-state index contributed by atoms with van der Waals surface area (Å²) in [5.41, 5.74) is 5.79. The summed E-state index contributed by atoms with van der Waals surface area (Å²) in [6, 6.07) is 5.42. The van der Waals surface area contributed by atoms with E-state index in [1.165, 1.54) is 4.90 Å². The zero-order valence-corrected chi connectivity index (χ0v) is 33.3. The number of benzene rings is 1. The zero-order chi connectivity index (χ0) is 39.8. The minimum Gasteiger partial charge on any atom is -0.493 e. The van der Waals surface area contributed by atoms with Crippen molar-refractivity contribution in [2.45, 2.75) is 98.3 Å². The molecule has 0 bridgehead atoms. The number of nitrogens with zero attached hydrogens (tertiary/aromatic N) is 1. The molecule has 2 aliphatic rings. The molecule has 0 spiro atoms. The molecule has 1 unspecified atom stereocenters. The van der Waals surface area contributed by atoms with Crippen LogP contribution in [0, 0.1) is 29.1 Å². The minimum absolute atomic E-state index is 0.0147. The standard InChI is InChI=1S/C39H62N2O13/c1-25(2)28(16-27-10-11-33(47-8)35(17-27)49-15-9-14-46-7)18-31-34(19-30(26(3)4)32(42)12-13-39(5,6)36(40)43)51-22-41(31)37(44)53-24-54-38(45)50-21-29-20-48-23-52-29/h10-11,17,25-26,28-31,34H,9,12-16,18-24H2,1-8H3,(H2,40,43)/t28-,29?,30-,31-,34-/m0/s1. The van der Waals surface area contributed by atoms with Crippen molar-refractivity contribution >= 4 is 23.9 Å². The van der Waals surface area contributed by atoms with E-state index in [0.29, 0.717) is 57.0 Å². The largest absolute Gasteiger partial charge is 0.511 e. The summed E-state index contributed by atoms with van der Waals surface area (Å²) in [6.07, 6.45) is 0.208. The number of ketones is 1. The Morgan fingerprint density at radius 2 is 1.72 bits per heavy atom. The third-order valence-electron chi connectivity index (χ3n) is 10.3. The van der Waals surface area contributed by atoms with E-state index >= 15 is 0 Å². The van der Waals surface area contributed by atoms with Crippen LogP contribution in [0.2, 0.25) is 0 Å². The topological polar surface area (TPSA) is 181 Å². The van der Waals surface area contributed by atoms with Crippen LogP contribution in [0.4, 0.5) is 9.59 Å². The van der Waals surface area contributed by atoms with Gasteiger partial charge in [0.15, 0.2) is 11.5 Å². The van der Waals surface area contributed by atoms with E-state index in [2.05, 4.69) is 13.8 Å². The predicted molar refractivity (Wildman–Crippen MR) is 197 cm³/mol. The maximum atomic E-state index is 13.7. The predicted octanol–water partition coefficient (Wildman–Crippen LogP) is 5.49. The van der Waals surface area contributed by atoms with E-state index in [0.717, 1.165) is 12.0 Å². The van der Waals surface area contributed by atoms with Gasteiger partial charge in [0.05, 0.1) is 32.5 Å². The molecule has 2 aliphatic heterocycles. The molecule has 0 radical (unpaired) electrons. The summed E-state index contributed by atoms with van der Waals surface area (Å²) in [5, 5.41) is 0. The first kappa shape index (κ1) is 44.7. The monoisotopic (exact) mass is 766 g/mol. The normalized spacial score (nSPS) is 19.8. The van der Waals surface area contributed by atoms with Crippen molar-refractivity contribution in [2.75, 3.05) is 61.0 Å². The summed E-state index contributed by atoms with van der Waals surface area (Å²) < 4.78 is 48.7. The second-order valence-corrected chi connectivity index (χ2v) is 15.3. The Hall–Kier alpha value is -3.66. The number of ether oxygens (including phenoxy) is 9. The summed E-state index contributed by atoms with van der Waals surface area (Å²) in [5.74, 6) is 0.683. The number of Topliss-reactive ketones (excluding diaryl/α,β-unsaturated/α-hetero) is 1. The maximum Gasteiger partial charge on any atom is 0.511 e. The van der Waals surface area contributed by atoms with Crippen molar-refractivity contribution in [1.82, 2.24) is 4.90 Å². The van der Waals surface area contributed by atoms with E-state index in [4.69, 9.17) is 48.4 Å². The molecule has 2 fully saturated rings. The van der Waals surface area contributed by atoms with E-state index in [9.17, 15) is 19.2 Å². The van der Waals surface area contributed by atoms with Crippen LogP contribution in [0.25, 0.3) is 0 Å². The van der Waals surface area contributed by atoms with Crippen molar-refractivity contribution in [3.8, 4) is 11.5 Å². The smallest absolute Gasteiger partial charge is 0.493 e. The average molecular weight is 767 g/mol. The van der Waals surface area contributed by atoms with Gasteiger partial charge in [-0.15, -0.1) is 0 Å². The molecular weight excluding hydrogens is 704 g/mol. The van der Waals surface area contributed by atoms with Crippen LogP contribution in [0.5, 0.6) is 11.5 Å². The second-order valence-electron chi connectivity index (χ2n) is 15.3. The Balaban J connectivity index is 1.79. The first-order valence-electron chi connectivity index (χ1n) is 18.8. The molecule has 54 heavy (non-hydrogen) atoms. The lowest BCUT2D eigenvalue weighted by Gasteiger charge is -2.33. The highest BCUT2D eigenvalue weighted by atomic mass is 16.8. The van der Waals surface area contributed by atoms with Gasteiger partial charge in [-0.25, -0.2) is 9.59 Å². The highest BCUT2D eigenvalue weighted by Gasteiger charge is 2.43. The third-order valence-corrected chi connectivity index (χ3v) is 10.3. The van der Waals surface area contributed by atoms with Gasteiger partial charge >= 0.3 is 12.2 Å². The van der Waals surface area contributed by atoms with Gasteiger partial charge in [0.1, 0.15) is 32.0 Å². The first-order chi connectivity index (χ1) is 25.7. The zero-order valence-electron chi connectivity index (χ0n) is 33.3. The van der Waals surface area contributed by atoms with E-state index in [-0.39, 0.29) is 62.1 Å². The van der Waals surface area contributed by atoms with Crippen molar-refractivity contribution < 1.29 is 61.8 Å². The Bertz CT molecular complexity index is 1350. The molecule has 2 N–H and O–H groups in total. The molecule has 0 aromatic heterocycles. The highest BCUT2D eigenvalue weighted by molar-refractivity contribution is 5.84. The molecule has 2 saturated heterocycles. The Morgan fingerprint density at radius 1 is 0.963 bits per heavy atom. The summed E-state index contributed by atoms with van der Waals surface area (Å²) in [6.45, 7) is 12.4. The lowest BCUT2D eigenvalue weighted by molar-refractivity contribution is -0.129. The Kier molecular flexibility index (Phi) is 18.3. The van der Waals surface area contributed by atoms with E-state index in [1.54, 1.807) is 28.1 Å². The molecule has 15 nitrogen and oxygen atoms in total. The van der Waals surface area contributed by atoms with Gasteiger partial charge in [-0.1, -0.05) is 47.6 Å². The van der Waals surface area contributed by atoms with Crippen LogP contribution in [0.15, 0.2) is 18.2 Å². The van der Waals surface area contributed by atoms with Crippen LogP contribution >= 0.6 is 0 Å². The Morgan fingerprint density at radius 3 is 2.35 bits per heavy atom. The van der Waals surface area contributed by atoms with Gasteiger partial charge in [-0.3, -0.25) is 14.5 Å². The van der Waals surface area contributed by atoms with Crippen LogP contribution in [-0.2, 0) is 49.2 Å². The SMILES string of the molecule is COCCCOc1cc(C[C@@H](C[C@H]2[C@H](C[C@H](C(=O)CCC(C)(C)C(N)=O)C(C)C)OCN2C(=O)OCOC(=O)OCC2COCO2)C(C)C)ccc1OC. The van der Waals surface area contributed by atoms with Gasteiger partial charge in [-0.2, -0.15) is 0 Å². The van der Waals surface area contributed by atoms with Crippen molar-refractivity contribution in [3.63, 3.8) is 0 Å². The van der Waals surface area contributed by atoms with Crippen molar-refractivity contribution in [2.24, 2.45) is 34.8 Å². The Labute approximate surface area is 319 Å². The number of carbonyl (C=O) groups excluding carboxylic acids is 4. The van der Waals surface area contributed by atoms with Gasteiger partial charge < -0.3 is 48.4 Å².